The molecular formula is C23H20F5N3O5S. The molecule has 3 aromatic rings. The number of sulfone groups is 1. The highest BCUT2D eigenvalue weighted by Gasteiger charge is 2.38. The Labute approximate surface area is 208 Å². The summed E-state index contributed by atoms with van der Waals surface area (Å²) in [5.74, 6) is -6.23. The number of carbonyl (C=O) groups is 1. The van der Waals surface area contributed by atoms with E-state index < -0.39 is 73.9 Å². The van der Waals surface area contributed by atoms with Crippen molar-refractivity contribution in [2.75, 3.05) is 11.6 Å². The van der Waals surface area contributed by atoms with Gasteiger partial charge in [-0.2, -0.15) is 22.0 Å². The zero-order valence-electron chi connectivity index (χ0n) is 19.8. The lowest BCUT2D eigenvalue weighted by Crippen LogP contribution is -2.21. The molecule has 0 aliphatic rings. The van der Waals surface area contributed by atoms with Crippen LogP contribution in [0.1, 0.15) is 35.5 Å². The number of nitrogens with one attached hydrogen (secondary N) is 1. The highest BCUT2D eigenvalue weighted by molar-refractivity contribution is 7.90. The van der Waals surface area contributed by atoms with Crippen molar-refractivity contribution < 1.29 is 44.6 Å². The Hall–Kier alpha value is -3.81. The monoisotopic (exact) mass is 545 g/mol. The van der Waals surface area contributed by atoms with Gasteiger partial charge in [0.2, 0.25) is 11.6 Å². The van der Waals surface area contributed by atoms with Crippen LogP contribution in [0.15, 0.2) is 41.3 Å². The molecule has 0 atom stereocenters. The standard InChI is InChI=1S/C23H20F5N3O5S/c1-11(2)35-15-8-9-16(19(25)18(15)24)36-22-17(12(3)20(30-31-22)23(26,27)28)21(32)29-13-6-5-7-14(10-13)37(4,33)34/h5-11H,1-4H3,(H,29,32). The Morgan fingerprint density at radius 2 is 1.65 bits per heavy atom. The predicted molar refractivity (Wildman–Crippen MR) is 121 cm³/mol. The Balaban J connectivity index is 2.08. The molecule has 198 valence electrons. The van der Waals surface area contributed by atoms with Crippen molar-refractivity contribution >= 4 is 21.4 Å². The van der Waals surface area contributed by atoms with Gasteiger partial charge in [-0.1, -0.05) is 6.07 Å². The third-order valence-corrected chi connectivity index (χ3v) is 5.89. The van der Waals surface area contributed by atoms with E-state index in [2.05, 4.69) is 15.5 Å². The van der Waals surface area contributed by atoms with Gasteiger partial charge in [-0.3, -0.25) is 4.79 Å². The number of amides is 1. The molecule has 0 bridgehead atoms. The number of ether oxygens (including phenoxy) is 2. The maximum Gasteiger partial charge on any atom is 0.435 e. The molecule has 0 fully saturated rings. The molecular weight excluding hydrogens is 525 g/mol. The first-order chi connectivity index (χ1) is 17.1. The van der Waals surface area contributed by atoms with Crippen molar-refractivity contribution in [1.82, 2.24) is 10.2 Å². The molecule has 14 heteroatoms. The van der Waals surface area contributed by atoms with Crippen LogP contribution >= 0.6 is 0 Å². The van der Waals surface area contributed by atoms with Crippen molar-refractivity contribution in [1.29, 1.82) is 0 Å². The van der Waals surface area contributed by atoms with Crippen LogP contribution in [-0.4, -0.2) is 36.9 Å². The molecule has 0 aliphatic carbocycles. The molecule has 3 rings (SSSR count). The summed E-state index contributed by atoms with van der Waals surface area (Å²) in [5, 5.41) is 8.61. The second-order valence-corrected chi connectivity index (χ2v) is 10.1. The van der Waals surface area contributed by atoms with E-state index in [9.17, 15) is 35.2 Å². The average Bonchev–Trinajstić information content (AvgIpc) is 2.77. The molecule has 0 saturated carbocycles. The van der Waals surface area contributed by atoms with Crippen molar-refractivity contribution in [3.8, 4) is 17.4 Å². The average molecular weight is 545 g/mol. The Morgan fingerprint density at radius 1 is 1.03 bits per heavy atom. The molecule has 8 nitrogen and oxygen atoms in total. The molecule has 2 aromatic carbocycles. The first kappa shape index (κ1) is 27.8. The number of benzene rings is 2. The van der Waals surface area contributed by atoms with Crippen molar-refractivity contribution in [3.05, 3.63) is 64.9 Å². The van der Waals surface area contributed by atoms with Crippen molar-refractivity contribution in [2.24, 2.45) is 0 Å². The molecule has 1 heterocycles. The number of alkyl halides is 3. The third kappa shape index (κ3) is 6.31. The SMILES string of the molecule is Cc1c(C(F)(F)F)nnc(Oc2ccc(OC(C)C)c(F)c2F)c1C(=O)Nc1cccc(S(C)(=O)=O)c1. The molecule has 1 amide bonds. The highest BCUT2D eigenvalue weighted by atomic mass is 32.2. The number of nitrogens with zero attached hydrogens (tertiary/aromatic N) is 2. The lowest BCUT2D eigenvalue weighted by Gasteiger charge is -2.17. The molecule has 0 aliphatic heterocycles. The van der Waals surface area contributed by atoms with Crippen LogP contribution in [0.3, 0.4) is 0 Å². The lowest BCUT2D eigenvalue weighted by molar-refractivity contribution is -0.142. The van der Waals surface area contributed by atoms with Crippen LogP contribution < -0.4 is 14.8 Å². The van der Waals surface area contributed by atoms with Crippen molar-refractivity contribution in [2.45, 2.75) is 37.9 Å². The minimum Gasteiger partial charge on any atom is -0.488 e. The number of rotatable bonds is 7. The number of aromatic nitrogens is 2. The summed E-state index contributed by atoms with van der Waals surface area (Å²) in [6.07, 6.45) is -4.56. The second-order valence-electron chi connectivity index (χ2n) is 8.06. The predicted octanol–water partition coefficient (Wildman–Crippen LogP) is 5.32. The van der Waals surface area contributed by atoms with Gasteiger partial charge >= 0.3 is 6.18 Å². The van der Waals surface area contributed by atoms with E-state index >= 15 is 0 Å². The van der Waals surface area contributed by atoms with Crippen LogP contribution in [-0.2, 0) is 16.0 Å². The zero-order valence-corrected chi connectivity index (χ0v) is 20.6. The molecule has 0 spiro atoms. The topological polar surface area (TPSA) is 107 Å². The van der Waals surface area contributed by atoms with Gasteiger partial charge < -0.3 is 14.8 Å². The minimum atomic E-state index is -5.01. The minimum absolute atomic E-state index is 0.0731. The maximum atomic E-state index is 14.6. The van der Waals surface area contributed by atoms with Gasteiger partial charge in [0.05, 0.1) is 11.0 Å². The lowest BCUT2D eigenvalue weighted by atomic mass is 10.1. The van der Waals surface area contributed by atoms with Crippen LogP contribution in [0.2, 0.25) is 0 Å². The molecule has 37 heavy (non-hydrogen) atoms. The van der Waals surface area contributed by atoms with Crippen molar-refractivity contribution in [3.63, 3.8) is 0 Å². The molecule has 0 unspecified atom stereocenters. The Morgan fingerprint density at radius 3 is 2.24 bits per heavy atom. The fourth-order valence-electron chi connectivity index (χ4n) is 3.15. The quantitative estimate of drug-likeness (QED) is 0.401. The number of anilines is 1. The summed E-state index contributed by atoms with van der Waals surface area (Å²) in [6, 6.07) is 6.93. The maximum absolute atomic E-state index is 14.6. The summed E-state index contributed by atoms with van der Waals surface area (Å²) < 4.78 is 103. The number of hydrogen-bond acceptors (Lipinski definition) is 7. The summed E-state index contributed by atoms with van der Waals surface area (Å²) in [6.45, 7) is 4.08. The van der Waals surface area contributed by atoms with E-state index in [1.54, 1.807) is 13.8 Å². The first-order valence-electron chi connectivity index (χ1n) is 10.5. The largest absolute Gasteiger partial charge is 0.488 e. The van der Waals surface area contributed by atoms with E-state index in [4.69, 9.17) is 9.47 Å². The molecule has 1 N–H and O–H groups in total. The van der Waals surface area contributed by atoms with Gasteiger partial charge in [-0.25, -0.2) is 8.42 Å². The van der Waals surface area contributed by atoms with Crippen LogP contribution in [0, 0.1) is 18.6 Å². The fraction of sp³-hybridized carbons (Fsp3) is 0.261. The van der Waals surface area contributed by atoms with Gasteiger partial charge in [0, 0.05) is 11.9 Å². The number of carbonyl (C=O) groups excluding carboxylic acids is 1. The normalized spacial score (nSPS) is 11.9. The fourth-order valence-corrected chi connectivity index (χ4v) is 3.81. The van der Waals surface area contributed by atoms with E-state index in [1.165, 1.54) is 18.2 Å². The summed E-state index contributed by atoms with van der Waals surface area (Å²) in [5.41, 5.74) is -3.08. The molecule has 0 radical (unpaired) electrons. The van der Waals surface area contributed by atoms with E-state index in [-0.39, 0.29) is 10.6 Å². The van der Waals surface area contributed by atoms with Gasteiger partial charge in [0.1, 0.15) is 5.56 Å². The third-order valence-electron chi connectivity index (χ3n) is 4.78. The van der Waals surface area contributed by atoms with E-state index in [1.807, 2.05) is 0 Å². The molecule has 1 aromatic heterocycles. The summed E-state index contributed by atoms with van der Waals surface area (Å²) >= 11 is 0. The van der Waals surface area contributed by atoms with Gasteiger partial charge in [0.25, 0.3) is 11.8 Å². The van der Waals surface area contributed by atoms with Gasteiger partial charge in [-0.05, 0) is 56.7 Å². The van der Waals surface area contributed by atoms with Gasteiger partial charge in [-0.15, -0.1) is 10.2 Å². The number of hydrogen-bond donors (Lipinski definition) is 1. The first-order valence-corrected chi connectivity index (χ1v) is 12.4. The Kier molecular flexibility index (Phi) is 7.72. The van der Waals surface area contributed by atoms with E-state index in [0.717, 1.165) is 31.4 Å². The zero-order chi connectivity index (χ0) is 27.7. The number of halogens is 5. The Bertz CT molecular complexity index is 1460. The molecule has 0 saturated heterocycles. The highest BCUT2D eigenvalue weighted by Crippen LogP contribution is 2.36. The smallest absolute Gasteiger partial charge is 0.435 e. The van der Waals surface area contributed by atoms with Crippen LogP contribution in [0.25, 0.3) is 0 Å². The van der Waals surface area contributed by atoms with Crippen LogP contribution in [0.5, 0.6) is 17.4 Å². The summed E-state index contributed by atoms with van der Waals surface area (Å²) in [7, 11) is -3.66. The van der Waals surface area contributed by atoms with E-state index in [0.29, 0.717) is 0 Å². The second kappa shape index (κ2) is 10.3. The van der Waals surface area contributed by atoms with Gasteiger partial charge in [0.15, 0.2) is 27.0 Å². The summed E-state index contributed by atoms with van der Waals surface area (Å²) in [4.78, 5) is 12.9. The van der Waals surface area contributed by atoms with Crippen LogP contribution in [0.4, 0.5) is 27.6 Å².